The summed E-state index contributed by atoms with van der Waals surface area (Å²) in [4.78, 5) is 0.00791. The number of nitrogens with one attached hydrogen (secondary N) is 1. The average molecular weight is 338 g/mol. The van der Waals surface area contributed by atoms with Crippen LogP contribution in [0.5, 0.6) is 0 Å². The molecule has 7 heteroatoms. The molecule has 0 saturated carbocycles. The van der Waals surface area contributed by atoms with Crippen LogP contribution in [0.4, 0.5) is 4.39 Å². The van der Waals surface area contributed by atoms with E-state index in [1.165, 1.54) is 12.3 Å². The molecule has 4 nitrogen and oxygen atoms in total. The molecule has 18 heavy (non-hydrogen) atoms. The predicted octanol–water partition coefficient (Wildman–Crippen LogP) is 2.42. The number of hydrogen-bond acceptors (Lipinski definition) is 3. The van der Waals surface area contributed by atoms with E-state index in [1.807, 2.05) is 0 Å². The molecule has 1 aromatic rings. The average Bonchev–Trinajstić information content (AvgIpc) is 2.28. The molecule has 1 aromatic carbocycles. The van der Waals surface area contributed by atoms with E-state index >= 15 is 0 Å². The van der Waals surface area contributed by atoms with Crippen LogP contribution in [-0.2, 0) is 14.8 Å². The third-order valence-electron chi connectivity index (χ3n) is 2.03. The maximum atomic E-state index is 12.9. The summed E-state index contributed by atoms with van der Waals surface area (Å²) in [6.45, 7) is 3.99. The normalized spacial score (nSPS) is 11.2. The zero-order valence-electron chi connectivity index (χ0n) is 9.53. The number of sulfonamides is 1. The minimum Gasteiger partial charge on any atom is -0.502 e. The number of ether oxygens (including phenoxy) is 1. The van der Waals surface area contributed by atoms with Crippen molar-refractivity contribution < 1.29 is 17.5 Å². The van der Waals surface area contributed by atoms with Gasteiger partial charge < -0.3 is 4.74 Å². The lowest BCUT2D eigenvalue weighted by Crippen LogP contribution is -2.25. The fourth-order valence-electron chi connectivity index (χ4n) is 1.22. The Bertz CT molecular complexity index is 519. The molecule has 0 aromatic heterocycles. The van der Waals surface area contributed by atoms with Crippen LogP contribution in [0, 0.1) is 5.82 Å². The summed E-state index contributed by atoms with van der Waals surface area (Å²) in [5.74, 6) is -0.500. The third kappa shape index (κ3) is 4.40. The molecule has 0 unspecified atom stereocenters. The molecule has 0 amide bonds. The van der Waals surface area contributed by atoms with E-state index in [9.17, 15) is 12.8 Å². The molecule has 0 aliphatic rings. The number of halogens is 2. The summed E-state index contributed by atoms with van der Waals surface area (Å²) < 4.78 is 44.1. The molecule has 0 fully saturated rings. The van der Waals surface area contributed by atoms with Gasteiger partial charge in [-0.05, 0) is 40.5 Å². The van der Waals surface area contributed by atoms with Crippen LogP contribution in [0.1, 0.15) is 6.42 Å². The highest BCUT2D eigenvalue weighted by Gasteiger charge is 2.17. The summed E-state index contributed by atoms with van der Waals surface area (Å²) in [5, 5.41) is 0. The fraction of sp³-hybridized carbons (Fsp3) is 0.273. The topological polar surface area (TPSA) is 55.4 Å². The third-order valence-corrected chi connectivity index (χ3v) is 4.47. The SMILES string of the molecule is C=COCCCNS(=O)(=O)c1ccc(F)cc1Br. The Labute approximate surface area is 114 Å². The van der Waals surface area contributed by atoms with Gasteiger partial charge in [0.2, 0.25) is 10.0 Å². The van der Waals surface area contributed by atoms with E-state index in [1.54, 1.807) is 0 Å². The van der Waals surface area contributed by atoms with Crippen molar-refractivity contribution in [1.29, 1.82) is 0 Å². The number of rotatable bonds is 7. The smallest absolute Gasteiger partial charge is 0.241 e. The van der Waals surface area contributed by atoms with E-state index in [2.05, 4.69) is 27.2 Å². The van der Waals surface area contributed by atoms with Gasteiger partial charge in [-0.1, -0.05) is 6.58 Å². The van der Waals surface area contributed by atoms with E-state index in [4.69, 9.17) is 4.74 Å². The maximum absolute atomic E-state index is 12.9. The Morgan fingerprint density at radius 2 is 2.22 bits per heavy atom. The largest absolute Gasteiger partial charge is 0.502 e. The van der Waals surface area contributed by atoms with Crippen LogP contribution in [0.3, 0.4) is 0 Å². The highest BCUT2D eigenvalue weighted by molar-refractivity contribution is 9.10. The van der Waals surface area contributed by atoms with Gasteiger partial charge in [0.15, 0.2) is 0 Å². The summed E-state index contributed by atoms with van der Waals surface area (Å²) in [5.41, 5.74) is 0. The van der Waals surface area contributed by atoms with Crippen molar-refractivity contribution in [2.75, 3.05) is 13.2 Å². The first-order chi connectivity index (χ1) is 8.47. The monoisotopic (exact) mass is 337 g/mol. The Morgan fingerprint density at radius 1 is 1.50 bits per heavy atom. The number of benzene rings is 1. The van der Waals surface area contributed by atoms with Crippen LogP contribution in [0.2, 0.25) is 0 Å². The molecule has 1 N–H and O–H groups in total. The molecule has 0 radical (unpaired) electrons. The quantitative estimate of drug-likeness (QED) is 0.614. The van der Waals surface area contributed by atoms with Gasteiger partial charge in [0.25, 0.3) is 0 Å². The summed E-state index contributed by atoms with van der Waals surface area (Å²) in [6, 6.07) is 3.41. The first-order valence-corrected chi connectivity index (χ1v) is 7.42. The second-order valence-electron chi connectivity index (χ2n) is 3.36. The zero-order valence-corrected chi connectivity index (χ0v) is 11.9. The standard InChI is InChI=1S/C11H13BrFNO3S/c1-2-17-7-3-6-14-18(15,16)11-5-4-9(13)8-10(11)12/h2,4-5,8,14H,1,3,6-7H2. The van der Waals surface area contributed by atoms with Gasteiger partial charge in [-0.2, -0.15) is 0 Å². The molecule has 1 rings (SSSR count). The van der Waals surface area contributed by atoms with Crippen LogP contribution < -0.4 is 4.72 Å². The lowest BCUT2D eigenvalue weighted by molar-refractivity contribution is 0.247. The van der Waals surface area contributed by atoms with Crippen molar-refractivity contribution in [3.05, 3.63) is 41.3 Å². The van der Waals surface area contributed by atoms with Gasteiger partial charge >= 0.3 is 0 Å². The summed E-state index contributed by atoms with van der Waals surface area (Å²) in [7, 11) is -3.64. The summed E-state index contributed by atoms with van der Waals surface area (Å²) in [6.07, 6.45) is 1.81. The van der Waals surface area contributed by atoms with Crippen molar-refractivity contribution in [1.82, 2.24) is 4.72 Å². The molecule has 0 aliphatic carbocycles. The van der Waals surface area contributed by atoms with Gasteiger partial charge in [-0.15, -0.1) is 0 Å². The first-order valence-electron chi connectivity index (χ1n) is 5.14. The molecule has 0 saturated heterocycles. The maximum Gasteiger partial charge on any atom is 0.241 e. The van der Waals surface area contributed by atoms with Crippen LogP contribution in [0.25, 0.3) is 0 Å². The van der Waals surface area contributed by atoms with Gasteiger partial charge in [-0.25, -0.2) is 17.5 Å². The lowest BCUT2D eigenvalue weighted by atomic mass is 10.3. The van der Waals surface area contributed by atoms with Gasteiger partial charge in [0.1, 0.15) is 5.82 Å². The van der Waals surface area contributed by atoms with E-state index < -0.39 is 15.8 Å². The second kappa shape index (κ2) is 6.86. The van der Waals surface area contributed by atoms with Gasteiger partial charge in [-0.3, -0.25) is 0 Å². The second-order valence-corrected chi connectivity index (χ2v) is 5.95. The van der Waals surface area contributed by atoms with Gasteiger partial charge in [0.05, 0.1) is 17.8 Å². The predicted molar refractivity (Wildman–Crippen MR) is 70.1 cm³/mol. The molecule has 0 bridgehead atoms. The van der Waals surface area contributed by atoms with Gasteiger partial charge in [0, 0.05) is 11.0 Å². The highest BCUT2D eigenvalue weighted by Crippen LogP contribution is 2.22. The van der Waals surface area contributed by atoms with Crippen LogP contribution in [0.15, 0.2) is 40.4 Å². The van der Waals surface area contributed by atoms with Crippen LogP contribution >= 0.6 is 15.9 Å². The Hall–Kier alpha value is -0.920. The van der Waals surface area contributed by atoms with E-state index in [-0.39, 0.29) is 15.9 Å². The molecule has 100 valence electrons. The van der Waals surface area contributed by atoms with E-state index in [0.29, 0.717) is 13.0 Å². The molecule has 0 aliphatic heterocycles. The van der Waals surface area contributed by atoms with Crippen molar-refractivity contribution in [3.8, 4) is 0 Å². The Kier molecular flexibility index (Phi) is 5.77. The number of hydrogen-bond donors (Lipinski definition) is 1. The van der Waals surface area contributed by atoms with E-state index in [0.717, 1.165) is 12.1 Å². The Balaban J connectivity index is 2.65. The van der Waals surface area contributed by atoms with Crippen molar-refractivity contribution in [2.24, 2.45) is 0 Å². The summed E-state index contributed by atoms with van der Waals surface area (Å²) >= 11 is 3.02. The first kappa shape index (κ1) is 15.1. The van der Waals surface area contributed by atoms with Crippen molar-refractivity contribution in [2.45, 2.75) is 11.3 Å². The molecule has 0 heterocycles. The van der Waals surface area contributed by atoms with Crippen molar-refractivity contribution >= 4 is 26.0 Å². The lowest BCUT2D eigenvalue weighted by Gasteiger charge is -2.08. The van der Waals surface area contributed by atoms with Crippen LogP contribution in [-0.4, -0.2) is 21.6 Å². The molecule has 0 spiro atoms. The minimum absolute atomic E-state index is 0.00791. The highest BCUT2D eigenvalue weighted by atomic mass is 79.9. The Morgan fingerprint density at radius 3 is 2.83 bits per heavy atom. The van der Waals surface area contributed by atoms with Crippen molar-refractivity contribution in [3.63, 3.8) is 0 Å². The molecule has 0 atom stereocenters. The fourth-order valence-corrected chi connectivity index (χ4v) is 3.34. The molecular weight excluding hydrogens is 325 g/mol. The molecular formula is C11H13BrFNO3S. The minimum atomic E-state index is -3.64. The zero-order chi connectivity index (χ0) is 13.6.